The lowest BCUT2D eigenvalue weighted by atomic mass is 9.52. The largest absolute Gasteiger partial charge is 0.295 e. The number of hydrogen-bond donors (Lipinski definition) is 1. The van der Waals surface area contributed by atoms with Gasteiger partial charge in [-0.1, -0.05) is 48.3 Å². The second-order valence-corrected chi connectivity index (χ2v) is 12.5. The van der Waals surface area contributed by atoms with E-state index in [1.54, 1.807) is 17.7 Å². The van der Waals surface area contributed by atoms with Crippen molar-refractivity contribution in [2.75, 3.05) is 0 Å². The molecule has 0 aromatic heterocycles. The standard InChI is InChI=1S/C26H33NO3S/c1-17-4-8-21(9-5-17)31(29,30)27-19-15-24-23-10-6-18-14-20(28)7-11-22(18)26(23,3)13-12-25(24,2)16-19/h4-5,8-9,14,19,22,27H,6-7,10-13,15-16H2,1-3H3/t19-,22-,25+,26+/m1/s1. The van der Waals surface area contributed by atoms with Crippen LogP contribution in [0.3, 0.4) is 0 Å². The Morgan fingerprint density at radius 2 is 1.74 bits per heavy atom. The number of ketones is 1. The molecule has 1 aromatic carbocycles. The average molecular weight is 440 g/mol. The Morgan fingerprint density at radius 3 is 2.48 bits per heavy atom. The van der Waals surface area contributed by atoms with E-state index in [-0.39, 0.29) is 22.7 Å². The van der Waals surface area contributed by atoms with Crippen LogP contribution in [0.2, 0.25) is 0 Å². The first-order chi connectivity index (χ1) is 14.6. The number of fused-ring (bicyclic) bond motifs is 4. The van der Waals surface area contributed by atoms with E-state index in [0.717, 1.165) is 50.5 Å². The molecule has 4 atom stereocenters. The van der Waals surface area contributed by atoms with Crippen LogP contribution in [0.1, 0.15) is 70.8 Å². The number of carbonyl (C=O) groups is 1. The smallest absolute Gasteiger partial charge is 0.240 e. The first-order valence-electron chi connectivity index (χ1n) is 11.7. The molecule has 31 heavy (non-hydrogen) atoms. The van der Waals surface area contributed by atoms with E-state index in [1.165, 1.54) is 11.1 Å². The molecule has 5 heteroatoms. The fourth-order valence-electron chi connectivity index (χ4n) is 7.01. The van der Waals surface area contributed by atoms with Gasteiger partial charge in [-0.05, 0) is 86.8 Å². The van der Waals surface area contributed by atoms with Gasteiger partial charge in [0.05, 0.1) is 4.90 Å². The molecule has 0 aliphatic heterocycles. The van der Waals surface area contributed by atoms with E-state index in [2.05, 4.69) is 18.6 Å². The molecule has 166 valence electrons. The number of rotatable bonds is 3. The van der Waals surface area contributed by atoms with Crippen molar-refractivity contribution in [3.63, 3.8) is 0 Å². The molecule has 4 nitrogen and oxygen atoms in total. The lowest BCUT2D eigenvalue weighted by Crippen LogP contribution is -2.42. The van der Waals surface area contributed by atoms with Crippen LogP contribution in [0.25, 0.3) is 0 Å². The normalized spacial score (nSPS) is 35.3. The van der Waals surface area contributed by atoms with Crippen LogP contribution in [0, 0.1) is 23.7 Å². The maximum atomic E-state index is 13.0. The van der Waals surface area contributed by atoms with E-state index in [4.69, 9.17) is 0 Å². The SMILES string of the molecule is Cc1ccc(S(=O)(=O)N[C@@H]2CC3=C4CCC5=CC(=O)CC[C@H]5[C@]4(C)CC[C@@]3(C)C2)cc1. The molecule has 0 unspecified atom stereocenters. The van der Waals surface area contributed by atoms with Crippen LogP contribution in [0.4, 0.5) is 0 Å². The van der Waals surface area contributed by atoms with Gasteiger partial charge in [-0.15, -0.1) is 0 Å². The molecule has 0 heterocycles. The number of sulfonamides is 1. The van der Waals surface area contributed by atoms with Crippen LogP contribution in [0.15, 0.2) is 52.0 Å². The van der Waals surface area contributed by atoms with Gasteiger partial charge in [0, 0.05) is 12.5 Å². The molecule has 4 aliphatic carbocycles. The number of aryl methyl sites for hydroxylation is 1. The van der Waals surface area contributed by atoms with E-state index in [1.807, 2.05) is 25.1 Å². The van der Waals surface area contributed by atoms with Crippen molar-refractivity contribution in [2.45, 2.75) is 83.1 Å². The van der Waals surface area contributed by atoms with Crippen LogP contribution in [0.5, 0.6) is 0 Å². The van der Waals surface area contributed by atoms with Gasteiger partial charge in [-0.2, -0.15) is 0 Å². The topological polar surface area (TPSA) is 63.2 Å². The summed E-state index contributed by atoms with van der Waals surface area (Å²) in [4.78, 5) is 12.3. The number of carbonyl (C=O) groups excluding carboxylic acids is 1. The predicted octanol–water partition coefficient (Wildman–Crippen LogP) is 5.24. The summed E-state index contributed by atoms with van der Waals surface area (Å²) in [5.41, 5.74) is 5.72. The van der Waals surface area contributed by atoms with Crippen LogP contribution in [-0.2, 0) is 14.8 Å². The lowest BCUT2D eigenvalue weighted by molar-refractivity contribution is -0.115. The molecule has 4 aliphatic rings. The maximum absolute atomic E-state index is 13.0. The van der Waals surface area contributed by atoms with Gasteiger partial charge in [0.1, 0.15) is 0 Å². The first kappa shape index (κ1) is 21.1. The second-order valence-electron chi connectivity index (χ2n) is 10.8. The number of allylic oxidation sites excluding steroid dienone is 3. The molecule has 0 amide bonds. The summed E-state index contributed by atoms with van der Waals surface area (Å²) in [6, 6.07) is 7.04. The van der Waals surface area contributed by atoms with Gasteiger partial charge in [0.25, 0.3) is 0 Å². The molecule has 1 N–H and O–H groups in total. The zero-order valence-electron chi connectivity index (χ0n) is 18.8. The summed E-state index contributed by atoms with van der Waals surface area (Å²) in [6.07, 6.45) is 9.51. The zero-order valence-corrected chi connectivity index (χ0v) is 19.6. The third-order valence-electron chi connectivity index (χ3n) is 8.69. The fourth-order valence-corrected chi connectivity index (χ4v) is 8.24. The van der Waals surface area contributed by atoms with E-state index < -0.39 is 10.0 Å². The highest BCUT2D eigenvalue weighted by Crippen LogP contribution is 2.63. The predicted molar refractivity (Wildman–Crippen MR) is 122 cm³/mol. The van der Waals surface area contributed by atoms with E-state index >= 15 is 0 Å². The van der Waals surface area contributed by atoms with Crippen molar-refractivity contribution in [2.24, 2.45) is 16.7 Å². The Labute approximate surface area is 186 Å². The molecular formula is C26H33NO3S. The summed E-state index contributed by atoms with van der Waals surface area (Å²) in [5.74, 6) is 0.771. The molecule has 2 saturated carbocycles. The number of benzene rings is 1. The molecule has 0 saturated heterocycles. The Bertz CT molecular complexity index is 1100. The summed E-state index contributed by atoms with van der Waals surface area (Å²) in [5, 5.41) is 0. The summed E-state index contributed by atoms with van der Waals surface area (Å²) >= 11 is 0. The first-order valence-corrected chi connectivity index (χ1v) is 13.1. The Hall–Kier alpha value is -1.72. The van der Waals surface area contributed by atoms with Crippen molar-refractivity contribution >= 4 is 15.8 Å². The third kappa shape index (κ3) is 3.45. The lowest BCUT2D eigenvalue weighted by Gasteiger charge is -2.53. The molecule has 5 rings (SSSR count). The molecule has 0 bridgehead atoms. The number of hydrogen-bond acceptors (Lipinski definition) is 3. The molecule has 0 radical (unpaired) electrons. The molecular weight excluding hydrogens is 406 g/mol. The van der Waals surface area contributed by atoms with Crippen molar-refractivity contribution in [3.05, 3.63) is 52.6 Å². The molecule has 2 fully saturated rings. The highest BCUT2D eigenvalue weighted by molar-refractivity contribution is 7.89. The third-order valence-corrected chi connectivity index (χ3v) is 10.2. The highest BCUT2D eigenvalue weighted by Gasteiger charge is 2.53. The van der Waals surface area contributed by atoms with Gasteiger partial charge >= 0.3 is 0 Å². The quantitative estimate of drug-likeness (QED) is 0.655. The van der Waals surface area contributed by atoms with Crippen LogP contribution in [-0.4, -0.2) is 20.2 Å². The van der Waals surface area contributed by atoms with E-state index in [9.17, 15) is 13.2 Å². The van der Waals surface area contributed by atoms with Crippen LogP contribution >= 0.6 is 0 Å². The van der Waals surface area contributed by atoms with Gasteiger partial charge < -0.3 is 0 Å². The molecule has 0 spiro atoms. The fraction of sp³-hybridized carbons (Fsp3) is 0.577. The van der Waals surface area contributed by atoms with Crippen molar-refractivity contribution in [1.29, 1.82) is 0 Å². The average Bonchev–Trinajstić information content (AvgIpc) is 3.03. The highest BCUT2D eigenvalue weighted by atomic mass is 32.2. The summed E-state index contributed by atoms with van der Waals surface area (Å²) in [7, 11) is -3.52. The minimum absolute atomic E-state index is 0.0500. The van der Waals surface area contributed by atoms with Crippen molar-refractivity contribution < 1.29 is 13.2 Å². The van der Waals surface area contributed by atoms with Crippen molar-refractivity contribution in [3.8, 4) is 0 Å². The minimum atomic E-state index is -3.52. The minimum Gasteiger partial charge on any atom is -0.295 e. The number of nitrogens with one attached hydrogen (secondary N) is 1. The Morgan fingerprint density at radius 1 is 1.00 bits per heavy atom. The maximum Gasteiger partial charge on any atom is 0.240 e. The zero-order chi connectivity index (χ0) is 22.0. The summed E-state index contributed by atoms with van der Waals surface area (Å²) < 4.78 is 29.0. The second kappa shape index (κ2) is 7.14. The Kier molecular flexibility index (Phi) is 4.87. The van der Waals surface area contributed by atoms with Gasteiger partial charge in [0.2, 0.25) is 10.0 Å². The van der Waals surface area contributed by atoms with Gasteiger partial charge in [0.15, 0.2) is 5.78 Å². The van der Waals surface area contributed by atoms with Crippen molar-refractivity contribution in [1.82, 2.24) is 4.72 Å². The van der Waals surface area contributed by atoms with Gasteiger partial charge in [-0.3, -0.25) is 4.79 Å². The van der Waals surface area contributed by atoms with E-state index in [0.29, 0.717) is 17.2 Å². The van der Waals surface area contributed by atoms with Gasteiger partial charge in [-0.25, -0.2) is 13.1 Å². The molecule has 1 aromatic rings. The monoisotopic (exact) mass is 439 g/mol. The van der Waals surface area contributed by atoms with Crippen LogP contribution < -0.4 is 4.72 Å². The summed E-state index contributed by atoms with van der Waals surface area (Å²) in [6.45, 7) is 6.71. The Balaban J connectivity index is 1.44.